The van der Waals surface area contributed by atoms with Crippen LogP contribution < -0.4 is 16.0 Å². The highest BCUT2D eigenvalue weighted by Gasteiger charge is 2.15. The highest BCUT2D eigenvalue weighted by atomic mass is 35.5. The minimum absolute atomic E-state index is 0.129. The number of halogens is 1. The van der Waals surface area contributed by atoms with Crippen LogP contribution in [0, 0.1) is 0 Å². The van der Waals surface area contributed by atoms with Gasteiger partial charge in [-0.05, 0) is 89.1 Å². The summed E-state index contributed by atoms with van der Waals surface area (Å²) >= 11 is 8.74. The van der Waals surface area contributed by atoms with Crippen molar-refractivity contribution in [3.8, 4) is 0 Å². The second-order valence-corrected chi connectivity index (χ2v) is 10.0. The summed E-state index contributed by atoms with van der Waals surface area (Å²) in [6, 6.07) is 24.6. The predicted octanol–water partition coefficient (Wildman–Crippen LogP) is 6.54. The molecule has 0 radical (unpaired) electrons. The van der Waals surface area contributed by atoms with Crippen molar-refractivity contribution in [1.29, 1.82) is 0 Å². The maximum atomic E-state index is 13.0. The largest absolute Gasteiger partial charge is 0.325 e. The molecular weight excluding hydrogens is 526 g/mol. The summed E-state index contributed by atoms with van der Waals surface area (Å²) in [7, 11) is 0. The third-order valence-corrected chi connectivity index (χ3v) is 6.96. The number of thiophene rings is 1. The molecule has 1 heterocycles. The Morgan fingerprint density at radius 1 is 0.838 bits per heavy atom. The van der Waals surface area contributed by atoms with E-state index >= 15 is 0 Å². The van der Waals surface area contributed by atoms with E-state index in [0.29, 0.717) is 22.0 Å². The van der Waals surface area contributed by atoms with E-state index in [1.165, 1.54) is 23.1 Å². The molecule has 37 heavy (non-hydrogen) atoms. The summed E-state index contributed by atoms with van der Waals surface area (Å²) < 4.78 is 0. The van der Waals surface area contributed by atoms with Gasteiger partial charge in [0.05, 0.1) is 5.75 Å². The maximum Gasteiger partial charge on any atom is 0.272 e. The van der Waals surface area contributed by atoms with Crippen LogP contribution in [-0.2, 0) is 9.59 Å². The van der Waals surface area contributed by atoms with Crippen molar-refractivity contribution >= 4 is 69.9 Å². The quantitative estimate of drug-likeness (QED) is 0.164. The Balaban J connectivity index is 1.36. The fraction of sp³-hybridized carbons (Fsp3) is 0.0357. The topological polar surface area (TPSA) is 87.3 Å². The number of anilines is 2. The fourth-order valence-corrected chi connectivity index (χ4v) is 4.62. The number of thioether (sulfide) groups is 1. The third kappa shape index (κ3) is 8.08. The lowest BCUT2D eigenvalue weighted by Gasteiger charge is -2.11. The first-order valence-electron chi connectivity index (χ1n) is 11.2. The average Bonchev–Trinajstić information content (AvgIpc) is 3.43. The SMILES string of the molecule is O=C(CSc1ccc(NC(=O)/C(=C/c2ccsc2)NC(=O)c2ccccc2)cc1)Nc1ccc(Cl)cc1. The molecule has 6 nitrogen and oxygen atoms in total. The van der Waals surface area contributed by atoms with Crippen molar-refractivity contribution in [3.63, 3.8) is 0 Å². The number of hydrogen-bond acceptors (Lipinski definition) is 5. The third-order valence-electron chi connectivity index (χ3n) is 4.99. The molecule has 0 bridgehead atoms. The number of nitrogens with one attached hydrogen (secondary N) is 3. The molecule has 0 saturated carbocycles. The Morgan fingerprint density at radius 3 is 2.19 bits per heavy atom. The molecule has 3 aromatic carbocycles. The van der Waals surface area contributed by atoms with Crippen LogP contribution in [0.1, 0.15) is 15.9 Å². The van der Waals surface area contributed by atoms with E-state index in [2.05, 4.69) is 16.0 Å². The van der Waals surface area contributed by atoms with Gasteiger partial charge in [-0.2, -0.15) is 11.3 Å². The molecule has 0 saturated heterocycles. The normalized spacial score (nSPS) is 11.0. The zero-order valence-corrected chi connectivity index (χ0v) is 21.8. The lowest BCUT2D eigenvalue weighted by molar-refractivity contribution is -0.114. The fourth-order valence-electron chi connectivity index (χ4n) is 3.18. The van der Waals surface area contributed by atoms with E-state index in [1.54, 1.807) is 66.7 Å². The lowest BCUT2D eigenvalue weighted by atomic mass is 10.2. The number of amides is 3. The Kier molecular flexibility index (Phi) is 9.15. The summed E-state index contributed by atoms with van der Waals surface area (Å²) in [5.74, 6) is -0.728. The van der Waals surface area contributed by atoms with Crippen LogP contribution in [0.3, 0.4) is 0 Å². The van der Waals surface area contributed by atoms with Gasteiger partial charge in [-0.3, -0.25) is 14.4 Å². The molecule has 3 amide bonds. The molecule has 3 N–H and O–H groups in total. The molecule has 0 atom stereocenters. The number of rotatable bonds is 9. The highest BCUT2D eigenvalue weighted by molar-refractivity contribution is 8.00. The zero-order chi connectivity index (χ0) is 26.0. The van der Waals surface area contributed by atoms with Crippen LogP contribution >= 0.6 is 34.7 Å². The van der Waals surface area contributed by atoms with E-state index in [0.717, 1.165) is 10.5 Å². The minimum atomic E-state index is -0.446. The standard InChI is InChI=1S/C28H22ClN3O3S2/c29-21-6-8-22(9-7-21)30-26(33)18-37-24-12-10-23(11-13-24)31-28(35)25(16-19-14-15-36-17-19)32-27(34)20-4-2-1-3-5-20/h1-17H,18H2,(H,30,33)(H,31,35)(H,32,34)/b25-16-. The molecule has 9 heteroatoms. The van der Waals surface area contributed by atoms with Crippen molar-refractivity contribution in [3.05, 3.63) is 118 Å². The van der Waals surface area contributed by atoms with Gasteiger partial charge in [-0.25, -0.2) is 0 Å². The van der Waals surface area contributed by atoms with Crippen molar-refractivity contribution in [2.75, 3.05) is 16.4 Å². The molecule has 0 aliphatic heterocycles. The smallest absolute Gasteiger partial charge is 0.272 e. The molecule has 4 aromatic rings. The Morgan fingerprint density at radius 2 is 1.51 bits per heavy atom. The lowest BCUT2D eigenvalue weighted by Crippen LogP contribution is -2.30. The van der Waals surface area contributed by atoms with Crippen molar-refractivity contribution in [2.45, 2.75) is 4.90 Å². The van der Waals surface area contributed by atoms with Crippen LogP contribution in [-0.4, -0.2) is 23.5 Å². The molecule has 0 aliphatic rings. The molecule has 1 aromatic heterocycles. The number of hydrogen-bond donors (Lipinski definition) is 3. The summed E-state index contributed by atoms with van der Waals surface area (Å²) in [4.78, 5) is 38.8. The van der Waals surface area contributed by atoms with Gasteiger partial charge in [0, 0.05) is 26.9 Å². The first-order chi connectivity index (χ1) is 18.0. The van der Waals surface area contributed by atoms with E-state index in [1.807, 2.05) is 35.0 Å². The maximum absolute atomic E-state index is 13.0. The molecule has 0 fully saturated rings. The Bertz CT molecular complexity index is 1390. The first kappa shape index (κ1) is 26.2. The molecule has 4 rings (SSSR count). The monoisotopic (exact) mass is 547 g/mol. The summed E-state index contributed by atoms with van der Waals surface area (Å²) in [6.45, 7) is 0. The number of carbonyl (C=O) groups is 3. The van der Waals surface area contributed by atoms with Crippen molar-refractivity contribution in [1.82, 2.24) is 5.32 Å². The molecule has 0 aliphatic carbocycles. The Hall–Kier alpha value is -3.85. The van der Waals surface area contributed by atoms with Gasteiger partial charge >= 0.3 is 0 Å². The Labute approximate surface area is 227 Å². The van der Waals surface area contributed by atoms with Gasteiger partial charge in [0.25, 0.3) is 11.8 Å². The van der Waals surface area contributed by atoms with E-state index in [-0.39, 0.29) is 23.3 Å². The van der Waals surface area contributed by atoms with Gasteiger partial charge in [-0.1, -0.05) is 29.8 Å². The molecule has 0 unspecified atom stereocenters. The number of carbonyl (C=O) groups excluding carboxylic acids is 3. The number of benzene rings is 3. The van der Waals surface area contributed by atoms with Crippen LogP contribution in [0.15, 0.2) is 106 Å². The van der Waals surface area contributed by atoms with Gasteiger partial charge in [0.2, 0.25) is 5.91 Å². The average molecular weight is 548 g/mol. The second kappa shape index (κ2) is 12.9. The second-order valence-electron chi connectivity index (χ2n) is 7.76. The first-order valence-corrected chi connectivity index (χ1v) is 13.5. The van der Waals surface area contributed by atoms with E-state index in [9.17, 15) is 14.4 Å². The highest BCUT2D eigenvalue weighted by Crippen LogP contribution is 2.22. The van der Waals surface area contributed by atoms with E-state index < -0.39 is 5.91 Å². The van der Waals surface area contributed by atoms with Crippen LogP contribution in [0.25, 0.3) is 6.08 Å². The molecular formula is C28H22ClN3O3S2. The molecule has 186 valence electrons. The predicted molar refractivity (Wildman–Crippen MR) is 152 cm³/mol. The van der Waals surface area contributed by atoms with Crippen molar-refractivity contribution in [2.24, 2.45) is 0 Å². The van der Waals surface area contributed by atoms with Gasteiger partial charge < -0.3 is 16.0 Å². The van der Waals surface area contributed by atoms with Crippen LogP contribution in [0.5, 0.6) is 0 Å². The van der Waals surface area contributed by atoms with E-state index in [4.69, 9.17) is 11.6 Å². The van der Waals surface area contributed by atoms with Crippen LogP contribution in [0.2, 0.25) is 5.02 Å². The molecule has 0 spiro atoms. The van der Waals surface area contributed by atoms with Crippen LogP contribution in [0.4, 0.5) is 11.4 Å². The van der Waals surface area contributed by atoms with Gasteiger partial charge in [0.1, 0.15) is 5.70 Å². The summed E-state index contributed by atoms with van der Waals surface area (Å²) in [5, 5.41) is 12.7. The summed E-state index contributed by atoms with van der Waals surface area (Å²) in [5.41, 5.74) is 2.63. The van der Waals surface area contributed by atoms with Crippen molar-refractivity contribution < 1.29 is 14.4 Å². The zero-order valence-electron chi connectivity index (χ0n) is 19.4. The van der Waals surface area contributed by atoms with Gasteiger partial charge in [-0.15, -0.1) is 11.8 Å². The summed E-state index contributed by atoms with van der Waals surface area (Å²) in [6.07, 6.45) is 1.64. The minimum Gasteiger partial charge on any atom is -0.325 e. The van der Waals surface area contributed by atoms with Gasteiger partial charge in [0.15, 0.2) is 0 Å².